The molecule has 2 aromatic rings. The number of hydrogen-bond acceptors (Lipinski definition) is 7. The van der Waals surface area contributed by atoms with E-state index < -0.39 is 28.4 Å². The summed E-state index contributed by atoms with van der Waals surface area (Å²) >= 11 is 5.82. The second-order valence-electron chi connectivity index (χ2n) is 5.97. The number of sulfonamides is 1. The predicted molar refractivity (Wildman–Crippen MR) is 113 cm³/mol. The zero-order chi connectivity index (χ0) is 22.1. The van der Waals surface area contributed by atoms with Crippen LogP contribution < -0.4 is 14.5 Å². The van der Waals surface area contributed by atoms with E-state index in [9.17, 15) is 18.0 Å². The second-order valence-corrected chi connectivity index (χ2v) is 8.32. The lowest BCUT2D eigenvalue weighted by molar-refractivity contribution is -0.142. The Morgan fingerprint density at radius 3 is 2.33 bits per heavy atom. The summed E-state index contributed by atoms with van der Waals surface area (Å²) in [6.45, 7) is -0.650. The lowest BCUT2D eigenvalue weighted by atomic mass is 10.2. The highest BCUT2D eigenvalue weighted by molar-refractivity contribution is 7.92. The maximum Gasteiger partial charge on any atom is 0.343 e. The molecule has 0 unspecified atom stereocenters. The van der Waals surface area contributed by atoms with Crippen molar-refractivity contribution in [3.63, 3.8) is 0 Å². The Balaban J connectivity index is 1.94. The van der Waals surface area contributed by atoms with E-state index in [0.717, 1.165) is 10.6 Å². The number of amides is 1. The van der Waals surface area contributed by atoms with Crippen molar-refractivity contribution in [2.75, 3.05) is 30.8 Å². The number of esters is 1. The fraction of sp³-hybridized carbons (Fsp3) is 0.211. The Bertz CT molecular complexity index is 1010. The lowest BCUT2D eigenvalue weighted by Gasteiger charge is -2.21. The molecule has 0 aliphatic heterocycles. The van der Waals surface area contributed by atoms with Crippen LogP contribution in [0.1, 0.15) is 5.56 Å². The topological polar surface area (TPSA) is 114 Å². The minimum atomic E-state index is -3.69. The summed E-state index contributed by atoms with van der Waals surface area (Å²) in [5.41, 5.74) is 3.24. The van der Waals surface area contributed by atoms with Gasteiger partial charge < -0.3 is 9.47 Å². The van der Waals surface area contributed by atoms with E-state index in [1.165, 1.54) is 37.6 Å². The summed E-state index contributed by atoms with van der Waals surface area (Å²) in [7, 11) is -2.42. The highest BCUT2D eigenvalue weighted by Gasteiger charge is 2.20. The Morgan fingerprint density at radius 1 is 1.13 bits per heavy atom. The fourth-order valence-corrected chi connectivity index (χ4v) is 3.19. The zero-order valence-electron chi connectivity index (χ0n) is 16.2. The molecule has 0 aliphatic carbocycles. The normalized spacial score (nSPS) is 11.2. The molecule has 0 heterocycles. The summed E-state index contributed by atoms with van der Waals surface area (Å²) in [4.78, 5) is 23.2. The molecule has 0 spiro atoms. The number of methoxy groups -OCH3 is 1. The van der Waals surface area contributed by atoms with Gasteiger partial charge >= 0.3 is 5.97 Å². The van der Waals surface area contributed by atoms with Crippen molar-refractivity contribution in [2.45, 2.75) is 0 Å². The van der Waals surface area contributed by atoms with Crippen molar-refractivity contribution in [2.24, 2.45) is 5.10 Å². The molecule has 0 bridgehead atoms. The Hall–Kier alpha value is -3.11. The van der Waals surface area contributed by atoms with Gasteiger partial charge in [0.25, 0.3) is 5.91 Å². The third-order valence-corrected chi connectivity index (χ3v) is 5.06. The number of halogens is 1. The molecule has 0 fully saturated rings. The summed E-state index contributed by atoms with van der Waals surface area (Å²) in [6.07, 6.45) is 2.39. The van der Waals surface area contributed by atoms with Gasteiger partial charge in [0.2, 0.25) is 10.0 Å². The Morgan fingerprint density at radius 2 is 1.77 bits per heavy atom. The summed E-state index contributed by atoms with van der Waals surface area (Å²) in [6, 6.07) is 12.6. The number of anilines is 1. The largest absolute Gasteiger partial charge is 0.482 e. The minimum Gasteiger partial charge on any atom is -0.482 e. The second kappa shape index (κ2) is 10.6. The van der Waals surface area contributed by atoms with Crippen molar-refractivity contribution >= 4 is 45.4 Å². The van der Waals surface area contributed by atoms with Gasteiger partial charge in [0.15, 0.2) is 6.61 Å². The number of carbonyl (C=O) groups excluding carboxylic acids is 2. The molecule has 30 heavy (non-hydrogen) atoms. The standard InChI is InChI=1S/C19H20ClN3O6S/c1-28-19(25)13-29-17-9-3-14(4-10-17)11-21-22-18(24)12-23(30(2,26)27)16-7-5-15(20)6-8-16/h3-11H,12-13H2,1-2H3,(H,22,24)/b21-11-. The van der Waals surface area contributed by atoms with Crippen molar-refractivity contribution in [1.29, 1.82) is 0 Å². The molecule has 0 radical (unpaired) electrons. The van der Waals surface area contributed by atoms with Gasteiger partial charge in [-0.1, -0.05) is 11.6 Å². The van der Waals surface area contributed by atoms with E-state index in [1.807, 2.05) is 0 Å². The number of ether oxygens (including phenoxy) is 2. The third kappa shape index (κ3) is 7.37. The molecule has 0 aliphatic rings. The maximum absolute atomic E-state index is 12.1. The molecule has 0 aromatic heterocycles. The van der Waals surface area contributed by atoms with Crippen molar-refractivity contribution < 1.29 is 27.5 Å². The van der Waals surface area contributed by atoms with E-state index in [-0.39, 0.29) is 6.61 Å². The summed E-state index contributed by atoms with van der Waals surface area (Å²) < 4.78 is 34.7. The van der Waals surface area contributed by atoms with Crippen LogP contribution in [0.4, 0.5) is 5.69 Å². The number of nitrogens with zero attached hydrogens (tertiary/aromatic N) is 2. The molecule has 2 rings (SSSR count). The zero-order valence-corrected chi connectivity index (χ0v) is 17.8. The monoisotopic (exact) mass is 453 g/mol. The molecule has 9 nitrogen and oxygen atoms in total. The summed E-state index contributed by atoms with van der Waals surface area (Å²) in [5.74, 6) is -0.650. The molecule has 0 saturated carbocycles. The van der Waals surface area contributed by atoms with Crippen LogP contribution in [0, 0.1) is 0 Å². The average molecular weight is 454 g/mol. The van der Waals surface area contributed by atoms with Gasteiger partial charge in [-0.2, -0.15) is 5.10 Å². The SMILES string of the molecule is COC(=O)COc1ccc(/C=N\NC(=O)CN(c2ccc(Cl)cc2)S(C)(=O)=O)cc1. The minimum absolute atomic E-state index is 0.204. The third-order valence-electron chi connectivity index (χ3n) is 3.67. The van der Waals surface area contributed by atoms with E-state index in [1.54, 1.807) is 24.3 Å². The molecule has 0 saturated heterocycles. The average Bonchev–Trinajstić information content (AvgIpc) is 2.71. The predicted octanol–water partition coefficient (Wildman–Crippen LogP) is 1.81. The van der Waals surface area contributed by atoms with Gasteiger partial charge in [0.1, 0.15) is 12.3 Å². The van der Waals surface area contributed by atoms with Crippen LogP contribution in [0.25, 0.3) is 0 Å². The number of hydrogen-bond donors (Lipinski definition) is 1. The van der Waals surface area contributed by atoms with E-state index in [2.05, 4.69) is 15.3 Å². The molecule has 160 valence electrons. The fourth-order valence-electron chi connectivity index (χ4n) is 2.20. The Labute approximate surface area is 179 Å². The van der Waals surface area contributed by atoms with Gasteiger partial charge in [0.05, 0.1) is 25.3 Å². The molecule has 2 aromatic carbocycles. The van der Waals surface area contributed by atoms with Crippen LogP contribution >= 0.6 is 11.6 Å². The van der Waals surface area contributed by atoms with Gasteiger partial charge in [-0.3, -0.25) is 9.10 Å². The molecule has 0 atom stereocenters. The molecule has 1 N–H and O–H groups in total. The number of benzene rings is 2. The summed E-state index contributed by atoms with van der Waals surface area (Å²) in [5, 5.41) is 4.27. The number of hydrazone groups is 1. The first-order valence-corrected chi connectivity index (χ1v) is 10.8. The maximum atomic E-state index is 12.1. The van der Waals surface area contributed by atoms with E-state index in [4.69, 9.17) is 16.3 Å². The highest BCUT2D eigenvalue weighted by Crippen LogP contribution is 2.20. The van der Waals surface area contributed by atoms with E-state index in [0.29, 0.717) is 22.0 Å². The van der Waals surface area contributed by atoms with Gasteiger partial charge in [0, 0.05) is 5.02 Å². The first kappa shape index (κ1) is 23.2. The van der Waals surface area contributed by atoms with Gasteiger partial charge in [-0.15, -0.1) is 0 Å². The molecule has 1 amide bonds. The van der Waals surface area contributed by atoms with Crippen molar-refractivity contribution in [1.82, 2.24) is 5.43 Å². The quantitative estimate of drug-likeness (QED) is 0.352. The first-order chi connectivity index (χ1) is 14.2. The molecular weight excluding hydrogens is 434 g/mol. The van der Waals surface area contributed by atoms with E-state index >= 15 is 0 Å². The van der Waals surface area contributed by atoms with Crippen LogP contribution in [0.3, 0.4) is 0 Å². The van der Waals surface area contributed by atoms with Crippen molar-refractivity contribution in [3.05, 3.63) is 59.1 Å². The Kier molecular flexibility index (Phi) is 8.19. The lowest BCUT2D eigenvalue weighted by Crippen LogP contribution is -2.38. The van der Waals surface area contributed by atoms with Crippen LogP contribution in [0.5, 0.6) is 5.75 Å². The van der Waals surface area contributed by atoms with Crippen LogP contribution in [-0.4, -0.2) is 53.0 Å². The van der Waals surface area contributed by atoms with Gasteiger partial charge in [-0.25, -0.2) is 18.6 Å². The molecular formula is C19H20ClN3O6S. The molecule has 11 heteroatoms. The van der Waals surface area contributed by atoms with Gasteiger partial charge in [-0.05, 0) is 54.1 Å². The number of rotatable bonds is 9. The smallest absolute Gasteiger partial charge is 0.343 e. The number of nitrogens with one attached hydrogen (secondary N) is 1. The van der Waals surface area contributed by atoms with Crippen LogP contribution in [0.15, 0.2) is 53.6 Å². The van der Waals surface area contributed by atoms with Crippen molar-refractivity contribution in [3.8, 4) is 5.75 Å². The first-order valence-electron chi connectivity index (χ1n) is 8.54. The van der Waals surface area contributed by atoms with Crippen LogP contribution in [-0.2, 0) is 24.3 Å². The van der Waals surface area contributed by atoms with Crippen LogP contribution in [0.2, 0.25) is 5.02 Å². The number of carbonyl (C=O) groups is 2. The highest BCUT2D eigenvalue weighted by atomic mass is 35.5.